The highest BCUT2D eigenvalue weighted by Crippen LogP contribution is 2.35. The first-order valence-corrected chi connectivity index (χ1v) is 10.8. The van der Waals surface area contributed by atoms with Crippen molar-refractivity contribution in [2.24, 2.45) is 0 Å². The lowest BCUT2D eigenvalue weighted by molar-refractivity contribution is 0.104. The van der Waals surface area contributed by atoms with Crippen LogP contribution in [0.2, 0.25) is 0 Å². The van der Waals surface area contributed by atoms with E-state index in [0.29, 0.717) is 39.7 Å². The van der Waals surface area contributed by atoms with Crippen LogP contribution in [0.3, 0.4) is 0 Å². The van der Waals surface area contributed by atoms with Crippen molar-refractivity contribution in [3.8, 4) is 0 Å². The Bertz CT molecular complexity index is 1160. The van der Waals surface area contributed by atoms with Gasteiger partial charge in [-0.1, -0.05) is 25.0 Å². The van der Waals surface area contributed by atoms with Crippen LogP contribution in [0.25, 0.3) is 11.0 Å². The Balaban J connectivity index is 1.51. The molecular formula is C23H26N6O2. The van der Waals surface area contributed by atoms with Crippen molar-refractivity contribution in [1.82, 2.24) is 19.9 Å². The summed E-state index contributed by atoms with van der Waals surface area (Å²) < 4.78 is 2.09. The number of nitrogens with one attached hydrogen (secondary N) is 1. The Morgan fingerprint density at radius 3 is 2.68 bits per heavy atom. The van der Waals surface area contributed by atoms with Crippen LogP contribution in [-0.4, -0.2) is 39.4 Å². The molecule has 8 nitrogen and oxygen atoms in total. The van der Waals surface area contributed by atoms with Gasteiger partial charge in [0.15, 0.2) is 5.78 Å². The number of ketones is 1. The number of aromatic nitrogens is 3. The van der Waals surface area contributed by atoms with Gasteiger partial charge < -0.3 is 15.6 Å². The summed E-state index contributed by atoms with van der Waals surface area (Å²) in [4.78, 5) is 36.0. The molecule has 1 aromatic carbocycles. The highest BCUT2D eigenvalue weighted by Gasteiger charge is 2.27. The molecule has 31 heavy (non-hydrogen) atoms. The highest BCUT2D eigenvalue weighted by atomic mass is 16.2. The van der Waals surface area contributed by atoms with Crippen LogP contribution in [-0.2, 0) is 0 Å². The second-order valence-electron chi connectivity index (χ2n) is 8.51. The van der Waals surface area contributed by atoms with E-state index in [1.807, 2.05) is 12.3 Å². The molecule has 5 rings (SSSR count). The molecule has 0 spiro atoms. The third-order valence-corrected chi connectivity index (χ3v) is 6.31. The molecule has 2 heterocycles. The summed E-state index contributed by atoms with van der Waals surface area (Å²) in [5.74, 6) is 0.156. The average Bonchev–Trinajstić information content (AvgIpc) is 3.27. The summed E-state index contributed by atoms with van der Waals surface area (Å²) in [5, 5.41) is 3.57. The second kappa shape index (κ2) is 7.68. The Kier molecular flexibility index (Phi) is 4.84. The van der Waals surface area contributed by atoms with Crippen LogP contribution < -0.4 is 16.0 Å². The monoisotopic (exact) mass is 418 g/mol. The van der Waals surface area contributed by atoms with Crippen LogP contribution in [0, 0.1) is 0 Å². The number of fused-ring (bicyclic) bond motifs is 1. The number of urea groups is 1. The fourth-order valence-electron chi connectivity index (χ4n) is 4.37. The second-order valence-corrected chi connectivity index (χ2v) is 8.51. The minimum atomic E-state index is -0.164. The van der Waals surface area contributed by atoms with E-state index in [2.05, 4.69) is 19.9 Å². The van der Waals surface area contributed by atoms with E-state index in [-0.39, 0.29) is 17.9 Å². The van der Waals surface area contributed by atoms with Crippen molar-refractivity contribution in [1.29, 1.82) is 0 Å². The minimum absolute atomic E-state index is 0.152. The number of benzene rings is 1. The number of nitrogens with zero attached hydrogens (tertiary/aromatic N) is 4. The van der Waals surface area contributed by atoms with Crippen molar-refractivity contribution in [3.05, 3.63) is 47.9 Å². The molecule has 0 aliphatic heterocycles. The van der Waals surface area contributed by atoms with Crippen molar-refractivity contribution in [3.63, 3.8) is 0 Å². The fraction of sp³-hybridized carbons (Fsp3) is 0.391. The summed E-state index contributed by atoms with van der Waals surface area (Å²) in [6.45, 7) is 0. The van der Waals surface area contributed by atoms with Crippen molar-refractivity contribution in [2.45, 2.75) is 50.6 Å². The predicted octanol–water partition coefficient (Wildman–Crippen LogP) is 3.67. The molecule has 2 aliphatic carbocycles. The maximum atomic E-state index is 13.5. The number of hydrogen-bond donors (Lipinski definition) is 2. The van der Waals surface area contributed by atoms with Crippen LogP contribution in [0.5, 0.6) is 0 Å². The first kappa shape index (κ1) is 19.5. The summed E-state index contributed by atoms with van der Waals surface area (Å²) >= 11 is 0. The predicted molar refractivity (Wildman–Crippen MR) is 119 cm³/mol. The lowest BCUT2D eigenvalue weighted by Crippen LogP contribution is -2.38. The summed E-state index contributed by atoms with van der Waals surface area (Å²) in [6.07, 6.45) is 9.85. The van der Waals surface area contributed by atoms with Gasteiger partial charge in [0.2, 0.25) is 0 Å². The van der Waals surface area contributed by atoms with Gasteiger partial charge >= 0.3 is 6.03 Å². The van der Waals surface area contributed by atoms with Gasteiger partial charge in [-0.05, 0) is 37.8 Å². The molecule has 2 aromatic heterocycles. The van der Waals surface area contributed by atoms with Gasteiger partial charge in [-0.25, -0.2) is 14.8 Å². The number of carbonyl (C=O) groups excluding carboxylic acids is 2. The van der Waals surface area contributed by atoms with Gasteiger partial charge in [0.1, 0.15) is 17.8 Å². The zero-order valence-corrected chi connectivity index (χ0v) is 17.5. The van der Waals surface area contributed by atoms with Crippen LogP contribution >= 0.6 is 0 Å². The van der Waals surface area contributed by atoms with E-state index in [1.54, 1.807) is 25.2 Å². The summed E-state index contributed by atoms with van der Waals surface area (Å²) in [7, 11) is 1.71. The Morgan fingerprint density at radius 2 is 1.94 bits per heavy atom. The largest absolute Gasteiger partial charge is 0.383 e. The smallest absolute Gasteiger partial charge is 0.321 e. The maximum Gasteiger partial charge on any atom is 0.321 e. The number of nitrogens with two attached hydrogens (primary N) is 1. The zero-order chi connectivity index (χ0) is 21.5. The lowest BCUT2D eigenvalue weighted by Gasteiger charge is -2.18. The summed E-state index contributed by atoms with van der Waals surface area (Å²) in [6, 6.07) is 7.54. The first-order chi connectivity index (χ1) is 15.0. The van der Waals surface area contributed by atoms with Gasteiger partial charge in [-0.15, -0.1) is 0 Å². The number of nitrogen functional groups attached to an aromatic ring is 1. The molecule has 0 saturated heterocycles. The first-order valence-electron chi connectivity index (χ1n) is 10.8. The van der Waals surface area contributed by atoms with Gasteiger partial charge in [-0.3, -0.25) is 9.69 Å². The third kappa shape index (κ3) is 3.62. The molecule has 0 unspecified atom stereocenters. The molecule has 2 saturated carbocycles. The number of anilines is 2. The van der Waals surface area contributed by atoms with E-state index >= 15 is 0 Å². The molecule has 2 aliphatic rings. The topological polar surface area (TPSA) is 106 Å². The Labute approximate surface area is 180 Å². The highest BCUT2D eigenvalue weighted by molar-refractivity contribution is 6.18. The average molecular weight is 419 g/mol. The van der Waals surface area contributed by atoms with Crippen LogP contribution in [0.15, 0.2) is 36.8 Å². The normalized spacial score (nSPS) is 16.5. The Hall–Kier alpha value is -3.42. The van der Waals surface area contributed by atoms with E-state index < -0.39 is 0 Å². The van der Waals surface area contributed by atoms with Gasteiger partial charge in [0, 0.05) is 36.6 Å². The zero-order valence-electron chi connectivity index (χ0n) is 17.5. The molecule has 2 fully saturated rings. The fourth-order valence-corrected chi connectivity index (χ4v) is 4.37. The molecule has 3 aromatic rings. The lowest BCUT2D eigenvalue weighted by atomic mass is 10.0. The van der Waals surface area contributed by atoms with E-state index in [1.165, 1.54) is 24.1 Å². The van der Waals surface area contributed by atoms with E-state index in [4.69, 9.17) is 5.73 Å². The van der Waals surface area contributed by atoms with Crippen LogP contribution in [0.1, 0.15) is 60.5 Å². The molecule has 8 heteroatoms. The molecule has 2 amide bonds. The standard InChI is InChI=1S/C23H26N6O2/c1-28(23(31)27-15-9-10-15)17-8-4-5-14(11-17)20(30)18-12-29(16-6-2-3-7-16)22-19(18)21(24)25-13-26-22/h4-5,8,11-13,15-16H,2-3,6-7,9-10H2,1H3,(H,27,31)(H2,24,25,26). The molecule has 0 radical (unpaired) electrons. The molecular weight excluding hydrogens is 392 g/mol. The van der Waals surface area contributed by atoms with Crippen molar-refractivity contribution >= 4 is 34.4 Å². The van der Waals surface area contributed by atoms with Crippen molar-refractivity contribution < 1.29 is 9.59 Å². The van der Waals surface area contributed by atoms with Gasteiger partial charge in [0.25, 0.3) is 0 Å². The summed E-state index contributed by atoms with van der Waals surface area (Å²) in [5.41, 5.74) is 8.54. The number of amides is 2. The molecule has 0 atom stereocenters. The van der Waals surface area contributed by atoms with Crippen LogP contribution in [0.4, 0.5) is 16.3 Å². The molecule has 3 N–H and O–H groups in total. The minimum Gasteiger partial charge on any atom is -0.383 e. The Morgan fingerprint density at radius 1 is 1.16 bits per heavy atom. The molecule has 0 bridgehead atoms. The van der Waals surface area contributed by atoms with E-state index in [0.717, 1.165) is 25.7 Å². The maximum absolute atomic E-state index is 13.5. The van der Waals surface area contributed by atoms with Crippen molar-refractivity contribution in [2.75, 3.05) is 17.7 Å². The third-order valence-electron chi connectivity index (χ3n) is 6.31. The quantitative estimate of drug-likeness (QED) is 0.615. The number of rotatable bonds is 5. The van der Waals surface area contributed by atoms with Gasteiger partial charge in [-0.2, -0.15) is 0 Å². The van der Waals surface area contributed by atoms with Gasteiger partial charge in [0.05, 0.1) is 10.9 Å². The number of hydrogen-bond acceptors (Lipinski definition) is 5. The van der Waals surface area contributed by atoms with E-state index in [9.17, 15) is 9.59 Å². The number of carbonyl (C=O) groups is 2. The molecule has 160 valence electrons. The SMILES string of the molecule is CN(C(=O)NC1CC1)c1cccc(C(=O)c2cn(C3CCCC3)c3ncnc(N)c23)c1.